The van der Waals surface area contributed by atoms with Crippen LogP contribution in [0.1, 0.15) is 58.6 Å². The van der Waals surface area contributed by atoms with Crippen LogP contribution < -0.4 is 0 Å². The van der Waals surface area contributed by atoms with Gasteiger partial charge >= 0.3 is 5.97 Å². The Kier molecular flexibility index (Phi) is 3.49. The summed E-state index contributed by atoms with van der Waals surface area (Å²) in [5, 5.41) is 8.98. The largest absolute Gasteiger partial charge is 0.475 e. The number of carbonyl (C=O) groups excluding carboxylic acids is 1. The summed E-state index contributed by atoms with van der Waals surface area (Å²) < 4.78 is 0. The lowest BCUT2D eigenvalue weighted by Gasteiger charge is -2.21. The van der Waals surface area contributed by atoms with Crippen molar-refractivity contribution in [1.29, 1.82) is 0 Å². The van der Waals surface area contributed by atoms with Crippen LogP contribution >= 0.6 is 0 Å². The Hall–Kier alpha value is -2.17. The standard InChI is InChI=1S/C16H18N2O3/c1-9-7-12-13(18-15(17-12)16(20)21)8-11(9)14(19)10-5-3-2-4-6-10/h7-8,10H,2-6H2,1H3,(H,17,18)(H,20,21). The number of imidazole rings is 1. The van der Waals surface area contributed by atoms with Crippen molar-refractivity contribution < 1.29 is 14.7 Å². The van der Waals surface area contributed by atoms with Gasteiger partial charge in [0.05, 0.1) is 11.0 Å². The fourth-order valence-corrected chi connectivity index (χ4v) is 3.12. The van der Waals surface area contributed by atoms with E-state index in [1.54, 1.807) is 6.07 Å². The molecule has 1 heterocycles. The van der Waals surface area contributed by atoms with Crippen molar-refractivity contribution in [3.63, 3.8) is 0 Å². The molecule has 2 aromatic rings. The number of nitrogens with one attached hydrogen (secondary N) is 1. The molecule has 1 aromatic carbocycles. The van der Waals surface area contributed by atoms with Gasteiger partial charge in [-0.2, -0.15) is 0 Å². The molecule has 1 saturated carbocycles. The highest BCUT2D eigenvalue weighted by atomic mass is 16.4. The molecule has 1 aliphatic carbocycles. The van der Waals surface area contributed by atoms with E-state index >= 15 is 0 Å². The van der Waals surface area contributed by atoms with Crippen LogP contribution in [0.4, 0.5) is 0 Å². The monoisotopic (exact) mass is 286 g/mol. The molecule has 3 rings (SSSR count). The molecule has 0 spiro atoms. The van der Waals surface area contributed by atoms with E-state index in [9.17, 15) is 9.59 Å². The first-order valence-electron chi connectivity index (χ1n) is 7.34. The smallest absolute Gasteiger partial charge is 0.371 e. The summed E-state index contributed by atoms with van der Waals surface area (Å²) in [4.78, 5) is 30.4. The molecule has 5 heteroatoms. The lowest BCUT2D eigenvalue weighted by atomic mass is 9.83. The zero-order valence-corrected chi connectivity index (χ0v) is 12.0. The van der Waals surface area contributed by atoms with Crippen molar-refractivity contribution in [3.8, 4) is 0 Å². The third-order valence-electron chi connectivity index (χ3n) is 4.27. The molecule has 110 valence electrons. The molecule has 0 radical (unpaired) electrons. The van der Waals surface area contributed by atoms with Gasteiger partial charge in [0, 0.05) is 11.5 Å². The number of aryl methyl sites for hydroxylation is 1. The maximum Gasteiger partial charge on any atom is 0.371 e. The van der Waals surface area contributed by atoms with E-state index in [1.165, 1.54) is 6.42 Å². The molecule has 1 fully saturated rings. The van der Waals surface area contributed by atoms with Gasteiger partial charge in [-0.15, -0.1) is 0 Å². The Balaban J connectivity index is 1.99. The van der Waals surface area contributed by atoms with Gasteiger partial charge in [-0.1, -0.05) is 19.3 Å². The molecule has 21 heavy (non-hydrogen) atoms. The molecule has 0 amide bonds. The number of benzene rings is 1. The van der Waals surface area contributed by atoms with Crippen molar-refractivity contribution in [3.05, 3.63) is 29.1 Å². The van der Waals surface area contributed by atoms with E-state index < -0.39 is 5.97 Å². The summed E-state index contributed by atoms with van der Waals surface area (Å²) in [6.45, 7) is 1.89. The van der Waals surface area contributed by atoms with Crippen LogP contribution in [0.15, 0.2) is 12.1 Å². The number of aromatic carboxylic acids is 1. The van der Waals surface area contributed by atoms with Gasteiger partial charge < -0.3 is 10.1 Å². The Morgan fingerprint density at radius 2 is 1.95 bits per heavy atom. The van der Waals surface area contributed by atoms with E-state index in [0.29, 0.717) is 16.6 Å². The summed E-state index contributed by atoms with van der Waals surface area (Å²) in [7, 11) is 0. The maximum atomic E-state index is 12.7. The highest BCUT2D eigenvalue weighted by Gasteiger charge is 2.24. The SMILES string of the molecule is Cc1cc2[nH]c(C(=O)O)nc2cc1C(=O)C1CCCCC1. The normalized spacial score (nSPS) is 16.2. The number of rotatable bonds is 3. The van der Waals surface area contributed by atoms with Gasteiger partial charge in [-0.25, -0.2) is 9.78 Å². The molecule has 0 atom stereocenters. The fourth-order valence-electron chi connectivity index (χ4n) is 3.12. The van der Waals surface area contributed by atoms with E-state index in [4.69, 9.17) is 5.11 Å². The molecular formula is C16H18N2O3. The van der Waals surface area contributed by atoms with Crippen molar-refractivity contribution in [1.82, 2.24) is 9.97 Å². The second kappa shape index (κ2) is 5.31. The summed E-state index contributed by atoms with van der Waals surface area (Å²) in [5.41, 5.74) is 2.75. The molecule has 1 aromatic heterocycles. The average Bonchev–Trinajstić information content (AvgIpc) is 2.89. The summed E-state index contributed by atoms with van der Waals surface area (Å²) >= 11 is 0. The van der Waals surface area contributed by atoms with Gasteiger partial charge in [0.1, 0.15) is 0 Å². The van der Waals surface area contributed by atoms with Crippen LogP contribution in [0, 0.1) is 12.8 Å². The fraction of sp³-hybridized carbons (Fsp3) is 0.438. The topological polar surface area (TPSA) is 83.1 Å². The van der Waals surface area contributed by atoms with Gasteiger partial charge in [-0.3, -0.25) is 4.79 Å². The number of aromatic amines is 1. The van der Waals surface area contributed by atoms with Gasteiger partial charge in [0.15, 0.2) is 5.78 Å². The summed E-state index contributed by atoms with van der Waals surface area (Å²) in [6, 6.07) is 3.54. The first kappa shape index (κ1) is 13.8. The Labute approximate surface area is 122 Å². The third-order valence-corrected chi connectivity index (χ3v) is 4.27. The molecule has 0 bridgehead atoms. The lowest BCUT2D eigenvalue weighted by molar-refractivity contribution is 0.0685. The number of H-pyrrole nitrogens is 1. The average molecular weight is 286 g/mol. The maximum absolute atomic E-state index is 12.7. The number of carboxylic acid groups (broad SMARTS) is 1. The van der Waals surface area contributed by atoms with Gasteiger partial charge in [0.2, 0.25) is 5.82 Å². The number of carbonyl (C=O) groups is 2. The number of aromatic nitrogens is 2. The molecular weight excluding hydrogens is 268 g/mol. The number of Topliss-reactive ketones (excluding diaryl/α,β-unsaturated/α-hetero) is 1. The van der Waals surface area contributed by atoms with E-state index in [-0.39, 0.29) is 17.5 Å². The third kappa shape index (κ3) is 2.55. The summed E-state index contributed by atoms with van der Waals surface area (Å²) in [5.74, 6) is -0.905. The van der Waals surface area contributed by atoms with Crippen LogP contribution in [0.25, 0.3) is 11.0 Å². The number of carboxylic acids is 1. The minimum absolute atomic E-state index is 0.0911. The predicted molar refractivity (Wildman–Crippen MR) is 78.7 cm³/mol. The minimum Gasteiger partial charge on any atom is -0.475 e. The highest BCUT2D eigenvalue weighted by molar-refractivity contribution is 6.02. The van der Waals surface area contributed by atoms with E-state index in [0.717, 1.165) is 31.2 Å². The van der Waals surface area contributed by atoms with Crippen molar-refractivity contribution in [2.45, 2.75) is 39.0 Å². The molecule has 2 N–H and O–H groups in total. The number of hydrogen-bond donors (Lipinski definition) is 2. The van der Waals surface area contributed by atoms with Crippen LogP contribution in [-0.4, -0.2) is 26.8 Å². The van der Waals surface area contributed by atoms with Crippen molar-refractivity contribution in [2.75, 3.05) is 0 Å². The van der Waals surface area contributed by atoms with Crippen molar-refractivity contribution in [2.24, 2.45) is 5.92 Å². The molecule has 0 aliphatic heterocycles. The Morgan fingerprint density at radius 3 is 2.62 bits per heavy atom. The highest BCUT2D eigenvalue weighted by Crippen LogP contribution is 2.29. The van der Waals surface area contributed by atoms with Crippen LogP contribution in [-0.2, 0) is 0 Å². The first-order valence-corrected chi connectivity index (χ1v) is 7.34. The first-order chi connectivity index (χ1) is 10.1. The van der Waals surface area contributed by atoms with Crippen LogP contribution in [0.3, 0.4) is 0 Å². The zero-order chi connectivity index (χ0) is 15.0. The van der Waals surface area contributed by atoms with Crippen LogP contribution in [0.2, 0.25) is 0 Å². The van der Waals surface area contributed by atoms with Gasteiger partial charge in [-0.05, 0) is 37.5 Å². The minimum atomic E-state index is -1.09. The second-order valence-electron chi connectivity index (χ2n) is 5.77. The summed E-state index contributed by atoms with van der Waals surface area (Å²) in [6.07, 6.45) is 5.35. The number of ketones is 1. The van der Waals surface area contributed by atoms with Gasteiger partial charge in [0.25, 0.3) is 0 Å². The number of hydrogen-bond acceptors (Lipinski definition) is 3. The lowest BCUT2D eigenvalue weighted by Crippen LogP contribution is -2.18. The quantitative estimate of drug-likeness (QED) is 0.848. The predicted octanol–water partition coefficient (Wildman–Crippen LogP) is 3.33. The number of fused-ring (bicyclic) bond motifs is 1. The molecule has 1 aliphatic rings. The molecule has 0 unspecified atom stereocenters. The molecule has 0 saturated heterocycles. The van der Waals surface area contributed by atoms with Crippen LogP contribution in [0.5, 0.6) is 0 Å². The Morgan fingerprint density at radius 1 is 1.24 bits per heavy atom. The zero-order valence-electron chi connectivity index (χ0n) is 12.0. The second-order valence-corrected chi connectivity index (χ2v) is 5.77. The van der Waals surface area contributed by atoms with Crippen molar-refractivity contribution >= 4 is 22.8 Å². The van der Waals surface area contributed by atoms with E-state index in [2.05, 4.69) is 9.97 Å². The Bertz CT molecular complexity index is 712. The van der Waals surface area contributed by atoms with E-state index in [1.807, 2.05) is 13.0 Å². The molecule has 5 nitrogen and oxygen atoms in total. The number of nitrogens with zero attached hydrogens (tertiary/aromatic N) is 1.